The van der Waals surface area contributed by atoms with E-state index in [0.717, 1.165) is 31.4 Å². The van der Waals surface area contributed by atoms with Gasteiger partial charge in [0.15, 0.2) is 5.41 Å². The summed E-state index contributed by atoms with van der Waals surface area (Å²) in [6.07, 6.45) is -4.58. The predicted octanol–water partition coefficient (Wildman–Crippen LogP) is 3.79. The number of hydrogen-bond donors (Lipinski definition) is 1. The molecule has 0 bridgehead atoms. The minimum absolute atomic E-state index is 0.0792. The fraction of sp³-hybridized carbons (Fsp3) is 0.400. The Balaban J connectivity index is 2.31. The quantitative estimate of drug-likeness (QED) is 0.357. The zero-order valence-electron chi connectivity index (χ0n) is 19.4. The number of methoxy groups -OCH3 is 1. The summed E-state index contributed by atoms with van der Waals surface area (Å²) in [5, 5.41) is 2.98. The smallest absolute Gasteiger partial charge is 0.416 e. The first-order valence-corrected chi connectivity index (χ1v) is 11.0. The minimum Gasteiger partial charge on any atom is -0.468 e. The van der Waals surface area contributed by atoms with Gasteiger partial charge in [0.1, 0.15) is 6.04 Å². The van der Waals surface area contributed by atoms with Crippen LogP contribution in [0.5, 0.6) is 0 Å². The number of ether oxygens (including phenoxy) is 3. The molecule has 3 rings (SSSR count). The van der Waals surface area contributed by atoms with E-state index in [1.807, 2.05) is 0 Å². The van der Waals surface area contributed by atoms with E-state index in [4.69, 9.17) is 14.2 Å². The maximum atomic E-state index is 13.6. The van der Waals surface area contributed by atoms with Crippen LogP contribution in [-0.2, 0) is 34.8 Å². The number of rotatable bonds is 7. The molecule has 0 aliphatic carbocycles. The van der Waals surface area contributed by atoms with Crippen LogP contribution in [-0.4, -0.2) is 44.3 Å². The van der Waals surface area contributed by atoms with Gasteiger partial charge >= 0.3 is 24.1 Å². The average Bonchev–Trinajstić information content (AvgIpc) is 3.21. The van der Waals surface area contributed by atoms with Crippen molar-refractivity contribution in [3.63, 3.8) is 0 Å². The number of hydrogen-bond acceptors (Lipinski definition) is 7. The van der Waals surface area contributed by atoms with Crippen molar-refractivity contribution in [2.75, 3.05) is 20.3 Å². The molecule has 7 nitrogen and oxygen atoms in total. The van der Waals surface area contributed by atoms with Gasteiger partial charge in [-0.1, -0.05) is 42.5 Å². The molecule has 0 aromatic heterocycles. The van der Waals surface area contributed by atoms with Gasteiger partial charge in [0.05, 0.1) is 31.9 Å². The van der Waals surface area contributed by atoms with Gasteiger partial charge in [0.2, 0.25) is 0 Å². The number of carbonyl (C=O) groups is 3. The molecular weight excluding hydrogens is 467 g/mol. The number of nitrogens with one attached hydrogen (secondary N) is 1. The second-order valence-corrected chi connectivity index (χ2v) is 7.92. The Hall–Kier alpha value is -3.40. The normalized spacial score (nSPS) is 21.3. The molecule has 1 heterocycles. The minimum atomic E-state index is -4.58. The molecule has 1 aliphatic heterocycles. The molecule has 35 heavy (non-hydrogen) atoms. The number of benzene rings is 2. The number of esters is 3. The summed E-state index contributed by atoms with van der Waals surface area (Å²) in [7, 11) is 1.16. The highest BCUT2D eigenvalue weighted by Crippen LogP contribution is 2.55. The third kappa shape index (κ3) is 4.75. The molecule has 1 fully saturated rings. The van der Waals surface area contributed by atoms with Crippen molar-refractivity contribution in [3.8, 4) is 0 Å². The van der Waals surface area contributed by atoms with Crippen molar-refractivity contribution >= 4 is 17.9 Å². The van der Waals surface area contributed by atoms with Crippen molar-refractivity contribution < 1.29 is 41.8 Å². The van der Waals surface area contributed by atoms with E-state index in [2.05, 4.69) is 5.32 Å². The summed E-state index contributed by atoms with van der Waals surface area (Å²) in [4.78, 5) is 40.1. The van der Waals surface area contributed by atoms with Gasteiger partial charge in [-0.3, -0.25) is 19.7 Å². The maximum Gasteiger partial charge on any atom is 0.416 e. The van der Waals surface area contributed by atoms with Crippen molar-refractivity contribution in [1.82, 2.24) is 5.32 Å². The van der Waals surface area contributed by atoms with Crippen LogP contribution in [0.4, 0.5) is 13.2 Å². The Kier molecular flexibility index (Phi) is 7.84. The molecule has 0 radical (unpaired) electrons. The second-order valence-electron chi connectivity index (χ2n) is 7.92. The van der Waals surface area contributed by atoms with Gasteiger partial charge < -0.3 is 14.2 Å². The summed E-state index contributed by atoms with van der Waals surface area (Å²) < 4.78 is 55.1. The Morgan fingerprint density at radius 3 is 1.89 bits per heavy atom. The Morgan fingerprint density at radius 1 is 0.886 bits per heavy atom. The van der Waals surface area contributed by atoms with Crippen LogP contribution in [0.3, 0.4) is 0 Å². The molecule has 0 unspecified atom stereocenters. The molecule has 0 amide bonds. The molecule has 188 valence electrons. The van der Waals surface area contributed by atoms with Crippen molar-refractivity contribution in [2.45, 2.75) is 38.0 Å². The molecule has 1 saturated heterocycles. The standard InChI is InChI=1S/C25H26F3NO6/c1-4-34-22(31)24(23(32)35-5-2)18(15-9-7-6-8-10-15)19(21(30)33-3)29-20(24)16-11-13-17(14-12-16)25(26,27)28/h6-14,18-20,29H,4-5H2,1-3H3/t18-,19+,20+/m1/s1. The van der Waals surface area contributed by atoms with Crippen LogP contribution in [0, 0.1) is 5.41 Å². The molecule has 2 aromatic carbocycles. The fourth-order valence-corrected chi connectivity index (χ4v) is 4.59. The third-order valence-electron chi connectivity index (χ3n) is 6.04. The highest BCUT2D eigenvalue weighted by atomic mass is 19.4. The largest absolute Gasteiger partial charge is 0.468 e. The van der Waals surface area contributed by atoms with Crippen LogP contribution >= 0.6 is 0 Å². The first-order valence-electron chi connectivity index (χ1n) is 11.0. The van der Waals surface area contributed by atoms with E-state index in [1.54, 1.807) is 44.2 Å². The summed E-state index contributed by atoms with van der Waals surface area (Å²) in [6, 6.07) is 9.93. The van der Waals surface area contributed by atoms with Crippen molar-refractivity contribution in [3.05, 3.63) is 71.3 Å². The summed E-state index contributed by atoms with van der Waals surface area (Å²) in [5.41, 5.74) is -2.41. The van der Waals surface area contributed by atoms with E-state index >= 15 is 0 Å². The van der Waals surface area contributed by atoms with E-state index in [-0.39, 0.29) is 18.8 Å². The maximum absolute atomic E-state index is 13.6. The lowest BCUT2D eigenvalue weighted by Gasteiger charge is -2.35. The summed E-state index contributed by atoms with van der Waals surface area (Å²) in [6.45, 7) is 2.96. The van der Waals surface area contributed by atoms with Crippen molar-refractivity contribution in [2.24, 2.45) is 5.41 Å². The van der Waals surface area contributed by atoms with Crippen LogP contribution in [0.25, 0.3) is 0 Å². The van der Waals surface area contributed by atoms with Gasteiger partial charge in [-0.25, -0.2) is 0 Å². The van der Waals surface area contributed by atoms with Gasteiger partial charge in [-0.15, -0.1) is 0 Å². The van der Waals surface area contributed by atoms with Gasteiger partial charge in [0, 0.05) is 5.92 Å². The van der Waals surface area contributed by atoms with E-state index < -0.39 is 53.1 Å². The number of carbonyl (C=O) groups excluding carboxylic acids is 3. The first kappa shape index (κ1) is 26.2. The van der Waals surface area contributed by atoms with Crippen molar-refractivity contribution in [1.29, 1.82) is 0 Å². The molecule has 2 aromatic rings. The van der Waals surface area contributed by atoms with E-state index in [9.17, 15) is 27.6 Å². The predicted molar refractivity (Wildman–Crippen MR) is 118 cm³/mol. The monoisotopic (exact) mass is 493 g/mol. The lowest BCUT2D eigenvalue weighted by molar-refractivity contribution is -0.174. The molecule has 1 aliphatic rings. The lowest BCUT2D eigenvalue weighted by Crippen LogP contribution is -2.49. The van der Waals surface area contributed by atoms with E-state index in [1.165, 1.54) is 0 Å². The summed E-state index contributed by atoms with van der Waals surface area (Å²) >= 11 is 0. The molecule has 1 N–H and O–H groups in total. The topological polar surface area (TPSA) is 90.9 Å². The van der Waals surface area contributed by atoms with Crippen LogP contribution < -0.4 is 5.32 Å². The first-order chi connectivity index (χ1) is 16.6. The third-order valence-corrected chi connectivity index (χ3v) is 6.04. The SMILES string of the molecule is CCOC(=O)C1(C(=O)OCC)[C@H](c2ccccc2)[C@@H](C(=O)OC)N[C@H]1c1ccc(C(F)(F)F)cc1. The van der Waals surface area contributed by atoms with Gasteiger partial charge in [-0.2, -0.15) is 13.2 Å². The Morgan fingerprint density at radius 2 is 1.43 bits per heavy atom. The fourth-order valence-electron chi connectivity index (χ4n) is 4.59. The Bertz CT molecular complexity index is 1040. The highest BCUT2D eigenvalue weighted by molar-refractivity contribution is 6.04. The van der Waals surface area contributed by atoms with E-state index in [0.29, 0.717) is 5.56 Å². The molecular formula is C25H26F3NO6. The van der Waals surface area contributed by atoms with Gasteiger partial charge in [0.25, 0.3) is 0 Å². The zero-order valence-corrected chi connectivity index (χ0v) is 19.4. The Labute approximate surface area is 200 Å². The molecule has 0 saturated carbocycles. The summed E-state index contributed by atoms with van der Waals surface area (Å²) in [5.74, 6) is -3.82. The van der Waals surface area contributed by atoms with Gasteiger partial charge in [-0.05, 0) is 37.1 Å². The van der Waals surface area contributed by atoms with Crippen LogP contribution in [0.15, 0.2) is 54.6 Å². The van der Waals surface area contributed by atoms with Crippen LogP contribution in [0.2, 0.25) is 0 Å². The molecule has 3 atom stereocenters. The number of halogens is 3. The average molecular weight is 493 g/mol. The highest BCUT2D eigenvalue weighted by Gasteiger charge is 2.69. The molecule has 0 spiro atoms. The molecule has 10 heteroatoms. The second kappa shape index (κ2) is 10.5. The number of alkyl halides is 3. The lowest BCUT2D eigenvalue weighted by atomic mass is 9.66. The zero-order chi connectivity index (χ0) is 25.8. The van der Waals surface area contributed by atoms with Crippen LogP contribution in [0.1, 0.15) is 42.5 Å².